The second-order valence-corrected chi connectivity index (χ2v) is 8.05. The van der Waals surface area contributed by atoms with Gasteiger partial charge in [-0.3, -0.25) is 4.79 Å². The van der Waals surface area contributed by atoms with Gasteiger partial charge in [0.25, 0.3) is 5.91 Å². The Balaban J connectivity index is 1.82. The second-order valence-electron chi connectivity index (χ2n) is 7.64. The Morgan fingerprint density at radius 2 is 1.55 bits per heavy atom. The van der Waals surface area contributed by atoms with Crippen molar-refractivity contribution in [3.05, 3.63) is 93.8 Å². The lowest BCUT2D eigenvalue weighted by Crippen LogP contribution is -2.16. The molecule has 0 unspecified atom stereocenters. The van der Waals surface area contributed by atoms with Gasteiger partial charge in [-0.25, -0.2) is 9.67 Å². The largest absolute Gasteiger partial charge is 0.319 e. The third-order valence-corrected chi connectivity index (χ3v) is 5.72. The summed E-state index contributed by atoms with van der Waals surface area (Å²) in [7, 11) is 0. The van der Waals surface area contributed by atoms with Crippen molar-refractivity contribution < 1.29 is 4.79 Å². The number of carbonyl (C=O) groups is 1. The van der Waals surface area contributed by atoms with Crippen LogP contribution in [0.2, 0.25) is 5.02 Å². The Kier molecular flexibility index (Phi) is 5.61. The molecule has 1 heterocycles. The van der Waals surface area contributed by atoms with Crippen molar-refractivity contribution in [1.82, 2.24) is 14.8 Å². The van der Waals surface area contributed by atoms with Crippen LogP contribution in [-0.4, -0.2) is 20.7 Å². The molecule has 3 aromatic carbocycles. The zero-order valence-corrected chi connectivity index (χ0v) is 18.7. The summed E-state index contributed by atoms with van der Waals surface area (Å²) in [5.41, 5.74) is 6.39. The van der Waals surface area contributed by atoms with Gasteiger partial charge >= 0.3 is 0 Å². The molecule has 0 spiro atoms. The molecule has 0 fully saturated rings. The van der Waals surface area contributed by atoms with Crippen LogP contribution in [0.4, 0.5) is 5.69 Å². The van der Waals surface area contributed by atoms with E-state index in [-0.39, 0.29) is 11.7 Å². The Morgan fingerprint density at radius 3 is 2.23 bits per heavy atom. The topological polar surface area (TPSA) is 59.8 Å². The summed E-state index contributed by atoms with van der Waals surface area (Å²) in [5, 5.41) is 8.17. The molecule has 5 nitrogen and oxygen atoms in total. The summed E-state index contributed by atoms with van der Waals surface area (Å²) in [6, 6.07) is 19.5. The first-order chi connectivity index (χ1) is 14.8. The van der Waals surface area contributed by atoms with Crippen molar-refractivity contribution >= 4 is 23.2 Å². The molecule has 0 bridgehead atoms. The number of anilines is 1. The Morgan fingerprint density at radius 1 is 0.903 bits per heavy atom. The van der Waals surface area contributed by atoms with Gasteiger partial charge in [0.1, 0.15) is 0 Å². The number of aryl methyl sites for hydroxylation is 3. The fraction of sp³-hybridized carbons (Fsp3) is 0.160. The summed E-state index contributed by atoms with van der Waals surface area (Å²) in [4.78, 5) is 17.7. The highest BCUT2D eigenvalue weighted by Crippen LogP contribution is 2.27. The molecule has 1 amide bonds. The molecule has 156 valence electrons. The molecule has 0 atom stereocenters. The first-order valence-corrected chi connectivity index (χ1v) is 10.4. The van der Waals surface area contributed by atoms with Crippen LogP contribution in [0.1, 0.15) is 32.9 Å². The highest BCUT2D eigenvalue weighted by atomic mass is 35.5. The van der Waals surface area contributed by atoms with E-state index in [0.29, 0.717) is 10.8 Å². The van der Waals surface area contributed by atoms with E-state index in [1.807, 2.05) is 88.4 Å². The van der Waals surface area contributed by atoms with E-state index in [1.165, 1.54) is 0 Å². The van der Waals surface area contributed by atoms with E-state index in [0.717, 1.165) is 39.2 Å². The van der Waals surface area contributed by atoms with E-state index in [1.54, 1.807) is 4.68 Å². The minimum atomic E-state index is -0.357. The maximum absolute atomic E-state index is 13.1. The highest BCUT2D eigenvalue weighted by Gasteiger charge is 2.21. The predicted octanol–water partition coefficient (Wildman–Crippen LogP) is 6.07. The number of hydrogen-bond donors (Lipinski definition) is 1. The minimum absolute atomic E-state index is 0.0950. The van der Waals surface area contributed by atoms with Gasteiger partial charge in [-0.05, 0) is 56.5 Å². The van der Waals surface area contributed by atoms with Crippen molar-refractivity contribution in [2.45, 2.75) is 27.7 Å². The number of halogens is 1. The van der Waals surface area contributed by atoms with Crippen LogP contribution in [0.25, 0.3) is 17.1 Å². The molecule has 1 aromatic heterocycles. The van der Waals surface area contributed by atoms with Crippen molar-refractivity contribution in [1.29, 1.82) is 0 Å². The van der Waals surface area contributed by atoms with Gasteiger partial charge in [0.05, 0.1) is 5.69 Å². The standard InChI is InChI=1S/C25H23ClN4O/c1-15-11-13-19(14-12-15)24-28-23(25(31)27-22-16(2)7-5-8-17(22)3)29-30(24)21-10-6-9-20(26)18(21)4/h5-14H,1-4H3,(H,27,31). The predicted molar refractivity (Wildman–Crippen MR) is 125 cm³/mol. The van der Waals surface area contributed by atoms with Gasteiger partial charge in [-0.1, -0.05) is 65.7 Å². The fourth-order valence-corrected chi connectivity index (χ4v) is 3.64. The molecule has 0 aliphatic rings. The van der Waals surface area contributed by atoms with E-state index in [2.05, 4.69) is 15.4 Å². The number of amides is 1. The fourth-order valence-electron chi connectivity index (χ4n) is 3.47. The first-order valence-electron chi connectivity index (χ1n) is 10.0. The minimum Gasteiger partial charge on any atom is -0.319 e. The number of nitrogens with zero attached hydrogens (tertiary/aromatic N) is 3. The molecule has 0 radical (unpaired) electrons. The van der Waals surface area contributed by atoms with Gasteiger partial charge in [-0.2, -0.15) is 0 Å². The number of rotatable bonds is 4. The van der Waals surface area contributed by atoms with Crippen LogP contribution >= 0.6 is 11.6 Å². The molecule has 0 aliphatic heterocycles. The average Bonchev–Trinajstić information content (AvgIpc) is 3.18. The molecule has 0 saturated heterocycles. The Hall–Kier alpha value is -3.44. The van der Waals surface area contributed by atoms with E-state index >= 15 is 0 Å². The highest BCUT2D eigenvalue weighted by molar-refractivity contribution is 6.31. The summed E-state index contributed by atoms with van der Waals surface area (Å²) in [5.74, 6) is 0.318. The zero-order chi connectivity index (χ0) is 22.1. The normalized spacial score (nSPS) is 10.9. The summed E-state index contributed by atoms with van der Waals surface area (Å²) >= 11 is 6.35. The molecule has 0 aliphatic carbocycles. The van der Waals surface area contributed by atoms with Crippen LogP contribution in [0.5, 0.6) is 0 Å². The molecular weight excluding hydrogens is 408 g/mol. The molecular formula is C25H23ClN4O. The van der Waals surface area contributed by atoms with Crippen molar-refractivity contribution in [2.75, 3.05) is 5.32 Å². The van der Waals surface area contributed by atoms with Crippen molar-refractivity contribution in [2.24, 2.45) is 0 Å². The third-order valence-electron chi connectivity index (χ3n) is 5.31. The number of hydrogen-bond acceptors (Lipinski definition) is 3. The van der Waals surface area contributed by atoms with Gasteiger partial charge in [0.2, 0.25) is 5.82 Å². The molecule has 31 heavy (non-hydrogen) atoms. The Labute approximate surface area is 186 Å². The lowest BCUT2D eigenvalue weighted by atomic mass is 10.1. The number of benzene rings is 3. The molecule has 4 aromatic rings. The number of para-hydroxylation sites is 1. The maximum Gasteiger partial charge on any atom is 0.295 e. The SMILES string of the molecule is Cc1ccc(-c2nc(C(=O)Nc3c(C)cccc3C)nn2-c2cccc(Cl)c2C)cc1. The van der Waals surface area contributed by atoms with Gasteiger partial charge in [0, 0.05) is 16.3 Å². The third kappa shape index (κ3) is 4.09. The van der Waals surface area contributed by atoms with Gasteiger partial charge in [-0.15, -0.1) is 5.10 Å². The van der Waals surface area contributed by atoms with Crippen molar-refractivity contribution in [3.8, 4) is 17.1 Å². The molecule has 0 saturated carbocycles. The van der Waals surface area contributed by atoms with E-state index in [9.17, 15) is 4.79 Å². The zero-order valence-electron chi connectivity index (χ0n) is 17.9. The van der Waals surface area contributed by atoms with Gasteiger partial charge in [0.15, 0.2) is 5.82 Å². The molecule has 6 heteroatoms. The average molecular weight is 431 g/mol. The lowest BCUT2D eigenvalue weighted by molar-refractivity contribution is 0.101. The lowest BCUT2D eigenvalue weighted by Gasteiger charge is -2.10. The summed E-state index contributed by atoms with van der Waals surface area (Å²) < 4.78 is 1.69. The smallest absolute Gasteiger partial charge is 0.295 e. The van der Waals surface area contributed by atoms with Crippen LogP contribution < -0.4 is 5.32 Å². The van der Waals surface area contributed by atoms with Gasteiger partial charge < -0.3 is 5.32 Å². The van der Waals surface area contributed by atoms with Crippen molar-refractivity contribution in [3.63, 3.8) is 0 Å². The molecule has 4 rings (SSSR count). The number of nitrogens with one attached hydrogen (secondary N) is 1. The molecule has 1 N–H and O–H groups in total. The van der Waals surface area contributed by atoms with Crippen LogP contribution in [0, 0.1) is 27.7 Å². The summed E-state index contributed by atoms with van der Waals surface area (Å²) in [6.07, 6.45) is 0. The Bertz CT molecular complexity index is 1260. The van der Waals surface area contributed by atoms with Crippen LogP contribution in [-0.2, 0) is 0 Å². The quantitative estimate of drug-likeness (QED) is 0.427. The number of aromatic nitrogens is 3. The van der Waals surface area contributed by atoms with Crippen LogP contribution in [0.15, 0.2) is 60.7 Å². The second kappa shape index (κ2) is 8.36. The van der Waals surface area contributed by atoms with E-state index in [4.69, 9.17) is 11.6 Å². The summed E-state index contributed by atoms with van der Waals surface area (Å²) in [6.45, 7) is 7.87. The maximum atomic E-state index is 13.1. The van der Waals surface area contributed by atoms with Crippen LogP contribution in [0.3, 0.4) is 0 Å². The number of carbonyl (C=O) groups excluding carboxylic acids is 1. The van der Waals surface area contributed by atoms with E-state index < -0.39 is 0 Å². The monoisotopic (exact) mass is 430 g/mol. The first kappa shape index (κ1) is 20.8.